The fraction of sp³-hybridized carbons (Fsp3) is 0.312. The first-order chi connectivity index (χ1) is 21.0. The van der Waals surface area contributed by atoms with Gasteiger partial charge < -0.3 is 15.0 Å². The van der Waals surface area contributed by atoms with Gasteiger partial charge >= 0.3 is 6.18 Å². The molecule has 12 heteroatoms. The molecule has 5 rings (SSSR count). The van der Waals surface area contributed by atoms with Gasteiger partial charge in [0.05, 0.1) is 22.4 Å². The summed E-state index contributed by atoms with van der Waals surface area (Å²) < 4.78 is 61.7. The maximum absolute atomic E-state index is 15.0. The van der Waals surface area contributed by atoms with Gasteiger partial charge in [-0.3, -0.25) is 9.69 Å². The second-order valence-corrected chi connectivity index (χ2v) is 10.8. The maximum atomic E-state index is 15.0. The van der Waals surface area contributed by atoms with Crippen molar-refractivity contribution in [3.05, 3.63) is 95.3 Å². The van der Waals surface area contributed by atoms with E-state index in [1.807, 2.05) is 21.0 Å². The highest BCUT2D eigenvalue weighted by molar-refractivity contribution is 6.05. The molecule has 230 valence electrons. The number of likely N-dealkylation sites (N-methyl/N-ethyl adjacent to an activating group) is 1. The molecule has 1 saturated heterocycles. The van der Waals surface area contributed by atoms with Gasteiger partial charge in [-0.2, -0.15) is 13.2 Å². The van der Waals surface area contributed by atoms with Crippen LogP contribution < -0.4 is 10.1 Å². The van der Waals surface area contributed by atoms with Crippen LogP contribution in [0.4, 0.5) is 23.2 Å². The van der Waals surface area contributed by atoms with Gasteiger partial charge in [-0.25, -0.2) is 19.3 Å². The number of carbonyl (C=O) groups is 1. The summed E-state index contributed by atoms with van der Waals surface area (Å²) in [5.74, 6) is -0.855. The van der Waals surface area contributed by atoms with Gasteiger partial charge in [0.2, 0.25) is 5.88 Å². The van der Waals surface area contributed by atoms with Crippen molar-refractivity contribution in [1.82, 2.24) is 24.8 Å². The van der Waals surface area contributed by atoms with Crippen molar-refractivity contribution in [2.45, 2.75) is 38.5 Å². The third kappa shape index (κ3) is 7.20. The molecule has 3 heterocycles. The molecule has 0 saturated carbocycles. The zero-order chi connectivity index (χ0) is 31.4. The Hall–Kier alpha value is -4.42. The Morgan fingerprint density at radius 2 is 1.91 bits per heavy atom. The first-order valence-electron chi connectivity index (χ1n) is 14.2. The number of amides is 1. The molecule has 1 aliphatic heterocycles. The molecule has 2 aromatic heterocycles. The Bertz CT molecular complexity index is 1650. The molecule has 4 aromatic rings. The number of aryl methyl sites for hydroxylation is 1. The number of halogens is 4. The summed E-state index contributed by atoms with van der Waals surface area (Å²) in [5.41, 5.74) is 0.283. The zero-order valence-electron chi connectivity index (χ0n) is 24.5. The summed E-state index contributed by atoms with van der Waals surface area (Å²) in [6.07, 6.45) is 0.0761. The van der Waals surface area contributed by atoms with Crippen LogP contribution in [-0.2, 0) is 19.1 Å². The number of hydrogen-bond acceptors (Lipinski definition) is 7. The van der Waals surface area contributed by atoms with E-state index in [1.54, 1.807) is 24.4 Å². The number of hydrogen-bond donors (Lipinski definition) is 1. The predicted octanol–water partition coefficient (Wildman–Crippen LogP) is 6.44. The number of pyridine rings is 1. The Kier molecular flexibility index (Phi) is 9.21. The molecule has 1 atom stereocenters. The van der Waals surface area contributed by atoms with Gasteiger partial charge in [-0.1, -0.05) is 13.0 Å². The van der Waals surface area contributed by atoms with E-state index < -0.39 is 29.0 Å². The predicted molar refractivity (Wildman–Crippen MR) is 158 cm³/mol. The number of nitrogens with zero attached hydrogens (tertiary/aromatic N) is 5. The van der Waals surface area contributed by atoms with Crippen molar-refractivity contribution in [3.8, 4) is 22.9 Å². The van der Waals surface area contributed by atoms with Crippen molar-refractivity contribution >= 4 is 11.6 Å². The number of anilines is 1. The lowest BCUT2D eigenvalue weighted by atomic mass is 10.1. The SMILES string of the molecule is CCc1nccc(-c2cccnc2Oc2ccc(F)c(C(=O)Nc3cc(C(F)(F)F)ccc3CN3CC[C@H](N(C)C)C3)c2)n1. The summed E-state index contributed by atoms with van der Waals surface area (Å²) in [7, 11) is 3.97. The van der Waals surface area contributed by atoms with Crippen LogP contribution in [0.1, 0.15) is 40.7 Å². The van der Waals surface area contributed by atoms with E-state index >= 15 is 0 Å². The van der Waals surface area contributed by atoms with Crippen molar-refractivity contribution in [2.75, 3.05) is 32.5 Å². The molecular formula is C32H32F4N6O2. The lowest BCUT2D eigenvalue weighted by Gasteiger charge is -2.22. The molecule has 2 aromatic carbocycles. The van der Waals surface area contributed by atoms with Crippen LogP contribution >= 0.6 is 0 Å². The van der Waals surface area contributed by atoms with E-state index in [1.165, 1.54) is 24.4 Å². The monoisotopic (exact) mass is 608 g/mol. The quantitative estimate of drug-likeness (QED) is 0.219. The van der Waals surface area contributed by atoms with E-state index in [0.29, 0.717) is 41.7 Å². The lowest BCUT2D eigenvalue weighted by molar-refractivity contribution is -0.137. The number of ether oxygens (including phenoxy) is 1. The minimum absolute atomic E-state index is 0.0358. The fourth-order valence-corrected chi connectivity index (χ4v) is 5.05. The van der Waals surface area contributed by atoms with E-state index in [4.69, 9.17) is 4.74 Å². The number of aromatic nitrogens is 3. The molecule has 1 N–H and O–H groups in total. The van der Waals surface area contributed by atoms with Crippen LogP contribution in [0.3, 0.4) is 0 Å². The van der Waals surface area contributed by atoms with Gasteiger partial charge in [0, 0.05) is 50.2 Å². The molecule has 44 heavy (non-hydrogen) atoms. The minimum Gasteiger partial charge on any atom is -0.438 e. The smallest absolute Gasteiger partial charge is 0.416 e. The highest BCUT2D eigenvalue weighted by atomic mass is 19.4. The van der Waals surface area contributed by atoms with Crippen molar-refractivity contribution in [3.63, 3.8) is 0 Å². The van der Waals surface area contributed by atoms with Crippen LogP contribution in [-0.4, -0.2) is 63.9 Å². The normalized spacial score (nSPS) is 15.5. The highest BCUT2D eigenvalue weighted by Gasteiger charge is 2.32. The Labute approximate surface area is 252 Å². The Morgan fingerprint density at radius 3 is 2.64 bits per heavy atom. The van der Waals surface area contributed by atoms with Crippen LogP contribution in [0, 0.1) is 5.82 Å². The fourth-order valence-electron chi connectivity index (χ4n) is 5.05. The summed E-state index contributed by atoms with van der Waals surface area (Å²) in [5, 5.41) is 2.52. The van der Waals surface area contributed by atoms with E-state index in [-0.39, 0.29) is 17.3 Å². The summed E-state index contributed by atoms with van der Waals surface area (Å²) >= 11 is 0. The molecule has 1 aliphatic rings. The highest BCUT2D eigenvalue weighted by Crippen LogP contribution is 2.34. The summed E-state index contributed by atoms with van der Waals surface area (Å²) in [6, 6.07) is 12.3. The lowest BCUT2D eigenvalue weighted by Crippen LogP contribution is -2.31. The first kappa shape index (κ1) is 31.0. The van der Waals surface area contributed by atoms with E-state index in [0.717, 1.165) is 37.7 Å². The van der Waals surface area contributed by atoms with Gasteiger partial charge in [0.1, 0.15) is 17.4 Å². The molecule has 1 fully saturated rings. The molecule has 0 bridgehead atoms. The molecule has 1 amide bonds. The Balaban J connectivity index is 1.41. The van der Waals surface area contributed by atoms with E-state index in [9.17, 15) is 22.4 Å². The summed E-state index contributed by atoms with van der Waals surface area (Å²) in [4.78, 5) is 30.6. The van der Waals surface area contributed by atoms with Gasteiger partial charge in [-0.05, 0) is 74.6 Å². The molecule has 0 radical (unpaired) electrons. The number of carbonyl (C=O) groups excluding carboxylic acids is 1. The third-order valence-corrected chi connectivity index (χ3v) is 7.52. The minimum atomic E-state index is -4.62. The van der Waals surface area contributed by atoms with Crippen LogP contribution in [0.25, 0.3) is 11.3 Å². The van der Waals surface area contributed by atoms with Crippen molar-refractivity contribution in [2.24, 2.45) is 0 Å². The van der Waals surface area contributed by atoms with Crippen LogP contribution in [0.5, 0.6) is 11.6 Å². The second kappa shape index (κ2) is 13.1. The number of alkyl halides is 3. The average molecular weight is 609 g/mol. The molecule has 0 spiro atoms. The van der Waals surface area contributed by atoms with Gasteiger partial charge in [0.25, 0.3) is 5.91 Å². The topological polar surface area (TPSA) is 83.5 Å². The molecular weight excluding hydrogens is 576 g/mol. The Morgan fingerprint density at radius 1 is 1.09 bits per heavy atom. The van der Waals surface area contributed by atoms with Crippen LogP contribution in [0.2, 0.25) is 0 Å². The van der Waals surface area contributed by atoms with Gasteiger partial charge in [0.15, 0.2) is 0 Å². The molecule has 0 unspecified atom stereocenters. The largest absolute Gasteiger partial charge is 0.438 e. The number of rotatable bonds is 9. The van der Waals surface area contributed by atoms with E-state index in [2.05, 4.69) is 30.1 Å². The first-order valence-corrected chi connectivity index (χ1v) is 14.2. The van der Waals surface area contributed by atoms with Gasteiger partial charge in [-0.15, -0.1) is 0 Å². The summed E-state index contributed by atoms with van der Waals surface area (Å²) in [6.45, 7) is 3.75. The zero-order valence-corrected chi connectivity index (χ0v) is 24.5. The third-order valence-electron chi connectivity index (χ3n) is 7.52. The molecule has 0 aliphatic carbocycles. The maximum Gasteiger partial charge on any atom is 0.416 e. The number of nitrogens with one attached hydrogen (secondary N) is 1. The van der Waals surface area contributed by atoms with Crippen molar-refractivity contribution < 1.29 is 27.1 Å². The van der Waals surface area contributed by atoms with Crippen LogP contribution in [0.15, 0.2) is 67.0 Å². The molecule has 8 nitrogen and oxygen atoms in total. The standard InChI is InChI=1S/C32H32F4N6O2/c1-4-29-37-14-11-27(39-29)24-6-5-13-38-31(24)44-23-9-10-26(33)25(17-23)30(43)40-28-16-21(32(34,35)36)8-7-20(28)18-42-15-12-22(19-42)41(2)3/h5-11,13-14,16-17,22H,4,12,15,18-19H2,1-3H3,(H,40,43)/t22-/m0/s1. The number of likely N-dealkylation sites (tertiary alicyclic amines) is 1. The average Bonchev–Trinajstić information content (AvgIpc) is 3.48. The number of benzene rings is 2. The van der Waals surface area contributed by atoms with Crippen molar-refractivity contribution in [1.29, 1.82) is 0 Å². The second-order valence-electron chi connectivity index (χ2n) is 10.8.